The van der Waals surface area contributed by atoms with Crippen molar-refractivity contribution in [1.82, 2.24) is 4.98 Å². The van der Waals surface area contributed by atoms with E-state index in [1.165, 1.54) is 0 Å². The van der Waals surface area contributed by atoms with Gasteiger partial charge in [-0.2, -0.15) is 5.26 Å². The fourth-order valence-electron chi connectivity index (χ4n) is 2.33. The number of benzene rings is 1. The van der Waals surface area contributed by atoms with E-state index in [2.05, 4.69) is 11.1 Å². The molecule has 0 saturated heterocycles. The van der Waals surface area contributed by atoms with Crippen molar-refractivity contribution >= 4 is 11.6 Å². The second-order valence-corrected chi connectivity index (χ2v) is 4.91. The molecule has 1 aromatic carbocycles. The number of hydrogen-bond donors (Lipinski definition) is 1. The monoisotopic (exact) mass is 286 g/mol. The van der Waals surface area contributed by atoms with Gasteiger partial charge >= 0.3 is 0 Å². The molecule has 0 fully saturated rings. The van der Waals surface area contributed by atoms with Crippen molar-refractivity contribution in [3.8, 4) is 6.07 Å². The van der Waals surface area contributed by atoms with Crippen LogP contribution in [0.5, 0.6) is 0 Å². The van der Waals surface area contributed by atoms with Gasteiger partial charge in [0, 0.05) is 18.7 Å². The van der Waals surface area contributed by atoms with E-state index in [1.807, 2.05) is 30.3 Å². The van der Waals surface area contributed by atoms with Gasteiger partial charge in [0.1, 0.15) is 0 Å². The van der Waals surface area contributed by atoms with E-state index in [0.717, 1.165) is 5.56 Å². The maximum atomic E-state index is 9.53. The normalized spacial score (nSPS) is 13.4. The van der Waals surface area contributed by atoms with Crippen molar-refractivity contribution in [1.29, 1.82) is 5.26 Å². The first-order valence-electron chi connectivity index (χ1n) is 6.43. The van der Waals surface area contributed by atoms with Crippen molar-refractivity contribution in [2.45, 2.75) is 18.3 Å². The summed E-state index contributed by atoms with van der Waals surface area (Å²) in [4.78, 5) is 4.30. The van der Waals surface area contributed by atoms with Crippen molar-refractivity contribution < 1.29 is 5.11 Å². The van der Waals surface area contributed by atoms with E-state index >= 15 is 0 Å². The first-order chi connectivity index (χ1) is 9.77. The molecule has 0 aliphatic heterocycles. The van der Waals surface area contributed by atoms with Gasteiger partial charge in [0.2, 0.25) is 0 Å². The fourth-order valence-corrected chi connectivity index (χ4v) is 2.59. The Balaban J connectivity index is 2.42. The van der Waals surface area contributed by atoms with E-state index < -0.39 is 0 Å². The molecular weight excluding hydrogens is 272 g/mol. The fraction of sp³-hybridized carbons (Fsp3) is 0.250. The van der Waals surface area contributed by atoms with Crippen LogP contribution < -0.4 is 0 Å². The summed E-state index contributed by atoms with van der Waals surface area (Å²) in [5.74, 6) is -0.600. The van der Waals surface area contributed by atoms with Crippen LogP contribution in [0.25, 0.3) is 0 Å². The number of nitrogens with zero attached hydrogens (tertiary/aromatic N) is 2. The maximum absolute atomic E-state index is 9.53. The van der Waals surface area contributed by atoms with Crippen LogP contribution in [0.3, 0.4) is 0 Å². The molecule has 1 aromatic heterocycles. The molecule has 1 heterocycles. The highest BCUT2D eigenvalue weighted by Crippen LogP contribution is 2.36. The molecule has 0 bridgehead atoms. The molecule has 0 amide bonds. The van der Waals surface area contributed by atoms with Gasteiger partial charge in [0.05, 0.1) is 22.7 Å². The van der Waals surface area contributed by atoms with E-state index in [1.54, 1.807) is 18.3 Å². The predicted molar refractivity (Wildman–Crippen MR) is 78.5 cm³/mol. The van der Waals surface area contributed by atoms with E-state index in [-0.39, 0.29) is 18.4 Å². The van der Waals surface area contributed by atoms with Gasteiger partial charge in [-0.3, -0.25) is 4.98 Å². The van der Waals surface area contributed by atoms with Gasteiger partial charge in [-0.25, -0.2) is 0 Å². The third kappa shape index (κ3) is 3.16. The van der Waals surface area contributed by atoms with Gasteiger partial charge in [-0.15, -0.1) is 0 Å². The van der Waals surface area contributed by atoms with Crippen LogP contribution in [0.15, 0.2) is 48.7 Å². The zero-order chi connectivity index (χ0) is 14.4. The lowest BCUT2D eigenvalue weighted by molar-refractivity contribution is 0.271. The molecule has 2 rings (SSSR count). The number of aliphatic hydroxyl groups is 1. The summed E-state index contributed by atoms with van der Waals surface area (Å²) < 4.78 is 0. The lowest BCUT2D eigenvalue weighted by atomic mass is 9.82. The molecule has 2 aromatic rings. The molecule has 102 valence electrons. The number of aliphatic hydroxyl groups excluding tert-OH is 1. The molecule has 1 N–H and O–H groups in total. The average Bonchev–Trinajstić information content (AvgIpc) is 2.49. The molecule has 4 heteroatoms. The van der Waals surface area contributed by atoms with Crippen molar-refractivity contribution in [3.05, 3.63) is 64.9 Å². The lowest BCUT2D eigenvalue weighted by Crippen LogP contribution is -2.13. The first-order valence-corrected chi connectivity index (χ1v) is 6.81. The summed E-state index contributed by atoms with van der Waals surface area (Å²) in [6, 6.07) is 15.4. The minimum Gasteiger partial charge on any atom is -0.396 e. The Morgan fingerprint density at radius 3 is 2.55 bits per heavy atom. The second kappa shape index (κ2) is 7.04. The largest absolute Gasteiger partial charge is 0.396 e. The predicted octanol–water partition coefficient (Wildman–Crippen LogP) is 3.51. The molecule has 0 aliphatic carbocycles. The van der Waals surface area contributed by atoms with Crippen molar-refractivity contribution in [2.75, 3.05) is 6.61 Å². The topological polar surface area (TPSA) is 56.9 Å². The maximum Gasteiger partial charge on any atom is 0.0797 e. The molecule has 0 radical (unpaired) electrons. The van der Waals surface area contributed by atoms with E-state index in [0.29, 0.717) is 17.1 Å². The van der Waals surface area contributed by atoms with Gasteiger partial charge in [-0.05, 0) is 24.1 Å². The highest BCUT2D eigenvalue weighted by Gasteiger charge is 2.27. The van der Waals surface area contributed by atoms with Crippen molar-refractivity contribution in [2.24, 2.45) is 0 Å². The van der Waals surface area contributed by atoms with Crippen LogP contribution in [0.1, 0.15) is 29.5 Å². The molecule has 2 atom stereocenters. The molecule has 0 saturated carbocycles. The summed E-state index contributed by atoms with van der Waals surface area (Å²) in [5, 5.41) is 19.4. The third-order valence-corrected chi connectivity index (χ3v) is 3.60. The SMILES string of the molecule is N#C[C@@H](c1ccccc1)[C@@H](CCO)c1ncccc1Cl. The molecule has 0 spiro atoms. The van der Waals surface area contributed by atoms with Gasteiger partial charge in [0.25, 0.3) is 0 Å². The minimum absolute atomic E-state index is 0.0113. The van der Waals surface area contributed by atoms with Crippen molar-refractivity contribution in [3.63, 3.8) is 0 Å². The van der Waals surface area contributed by atoms with E-state index in [9.17, 15) is 10.4 Å². The quantitative estimate of drug-likeness (QED) is 0.915. The zero-order valence-corrected chi connectivity index (χ0v) is 11.7. The molecule has 3 nitrogen and oxygen atoms in total. The van der Waals surface area contributed by atoms with Crippen LogP contribution in [0.2, 0.25) is 5.02 Å². The summed E-state index contributed by atoms with van der Waals surface area (Å²) >= 11 is 6.19. The number of aromatic nitrogens is 1. The Bertz CT molecular complexity index is 595. The number of pyridine rings is 1. The lowest BCUT2D eigenvalue weighted by Gasteiger charge is -2.22. The number of rotatable bonds is 5. The minimum atomic E-state index is -0.379. The van der Waals surface area contributed by atoms with Gasteiger partial charge in [0.15, 0.2) is 0 Å². The highest BCUT2D eigenvalue weighted by atomic mass is 35.5. The Hall–Kier alpha value is -1.89. The Morgan fingerprint density at radius 1 is 1.20 bits per heavy atom. The summed E-state index contributed by atoms with van der Waals surface area (Å²) in [5.41, 5.74) is 1.58. The molecule has 20 heavy (non-hydrogen) atoms. The number of hydrogen-bond acceptors (Lipinski definition) is 3. The number of halogens is 1. The standard InChI is InChI=1S/C16H15ClN2O/c17-15-7-4-9-19-16(15)13(8-10-20)14(11-18)12-5-2-1-3-6-12/h1-7,9,13-14,20H,8,10H2/t13-,14+/m1/s1. The van der Waals surface area contributed by atoms with Crippen LogP contribution >= 0.6 is 11.6 Å². The van der Waals surface area contributed by atoms with Crippen LogP contribution in [0.4, 0.5) is 0 Å². The first kappa shape index (κ1) is 14.5. The van der Waals surface area contributed by atoms with Crippen LogP contribution in [0, 0.1) is 11.3 Å². The molecule has 0 unspecified atom stereocenters. The van der Waals surface area contributed by atoms with Crippen LogP contribution in [-0.2, 0) is 0 Å². The molecule has 0 aliphatic rings. The highest BCUT2D eigenvalue weighted by molar-refractivity contribution is 6.31. The van der Waals surface area contributed by atoms with Crippen LogP contribution in [-0.4, -0.2) is 16.7 Å². The smallest absolute Gasteiger partial charge is 0.0797 e. The Morgan fingerprint density at radius 2 is 1.95 bits per heavy atom. The van der Waals surface area contributed by atoms with Gasteiger partial charge < -0.3 is 5.11 Å². The summed E-state index contributed by atoms with van der Waals surface area (Å²) in [6.07, 6.45) is 2.11. The van der Waals surface area contributed by atoms with Gasteiger partial charge in [-0.1, -0.05) is 41.9 Å². The third-order valence-electron chi connectivity index (χ3n) is 3.28. The zero-order valence-electron chi connectivity index (χ0n) is 10.9. The summed E-state index contributed by atoms with van der Waals surface area (Å²) in [6.45, 7) is -0.0113. The summed E-state index contributed by atoms with van der Waals surface area (Å²) in [7, 11) is 0. The second-order valence-electron chi connectivity index (χ2n) is 4.51. The average molecular weight is 287 g/mol. The Labute approximate surface area is 123 Å². The molecular formula is C16H15ClN2O. The Kier molecular flexibility index (Phi) is 5.11. The number of nitriles is 1. The van der Waals surface area contributed by atoms with E-state index in [4.69, 9.17) is 11.6 Å².